The zero-order valence-corrected chi connectivity index (χ0v) is 14.8. The van der Waals surface area contributed by atoms with Gasteiger partial charge in [0.05, 0.1) is 5.03 Å². The molecule has 0 amide bonds. The highest BCUT2D eigenvalue weighted by atomic mass is 32.2. The van der Waals surface area contributed by atoms with Crippen molar-refractivity contribution in [2.24, 2.45) is 0 Å². The highest BCUT2D eigenvalue weighted by Gasteiger charge is 2.38. The Kier molecular flexibility index (Phi) is 3.96. The van der Waals surface area contributed by atoms with Gasteiger partial charge in [0.15, 0.2) is 5.78 Å². The maximum Gasteiger partial charge on any atom is 0.345 e. The molecular weight excluding hydrogens is 345 g/mol. The van der Waals surface area contributed by atoms with Gasteiger partial charge in [-0.2, -0.15) is 0 Å². The van der Waals surface area contributed by atoms with Gasteiger partial charge in [0.1, 0.15) is 6.29 Å². The van der Waals surface area contributed by atoms with E-state index in [1.54, 1.807) is 4.90 Å². The first-order chi connectivity index (χ1) is 11.4. The lowest BCUT2D eigenvalue weighted by molar-refractivity contribution is 0.103. The lowest BCUT2D eigenvalue weighted by Crippen LogP contribution is -2.22. The Hall–Kier alpha value is -1.33. The molecular formula is C17H18NO4PS. The van der Waals surface area contributed by atoms with E-state index >= 15 is 0 Å². The molecule has 5 nitrogen and oxygen atoms in total. The first kappa shape index (κ1) is 16.2. The van der Waals surface area contributed by atoms with Crippen LogP contribution in [-0.2, 0) is 11.0 Å². The van der Waals surface area contributed by atoms with Crippen LogP contribution in [0.3, 0.4) is 0 Å². The highest BCUT2D eigenvalue weighted by molar-refractivity contribution is 8.07. The van der Waals surface area contributed by atoms with Gasteiger partial charge in [0.2, 0.25) is 0 Å². The van der Waals surface area contributed by atoms with Crippen LogP contribution in [-0.4, -0.2) is 26.8 Å². The van der Waals surface area contributed by atoms with Crippen LogP contribution in [0, 0.1) is 0 Å². The monoisotopic (exact) mass is 363 g/mol. The molecule has 0 aromatic heterocycles. The van der Waals surface area contributed by atoms with Gasteiger partial charge in [-0.25, -0.2) is 0 Å². The lowest BCUT2D eigenvalue weighted by atomic mass is 10.0. The van der Waals surface area contributed by atoms with Gasteiger partial charge in [-0.05, 0) is 31.2 Å². The molecule has 0 unspecified atom stereocenters. The van der Waals surface area contributed by atoms with Gasteiger partial charge in [0, 0.05) is 28.2 Å². The standard InChI is InChI=1S/C17H18NO4PS/c19-16-12-6-2-1-5-11(12)9-13(16)17-18(10-23(20,21)22)14-7-3-4-8-15(14)24-17/h1-2,5-6H,3-4,7-10H2,(H2,20,21,22)/b17-13-. The maximum absolute atomic E-state index is 12.8. The Morgan fingerprint density at radius 1 is 1.17 bits per heavy atom. The Balaban J connectivity index is 1.77. The van der Waals surface area contributed by atoms with Crippen molar-refractivity contribution in [3.05, 3.63) is 56.6 Å². The van der Waals surface area contributed by atoms with Crippen molar-refractivity contribution < 1.29 is 19.1 Å². The molecule has 24 heavy (non-hydrogen) atoms. The molecule has 4 rings (SSSR count). The molecule has 2 aliphatic carbocycles. The molecule has 0 bridgehead atoms. The number of allylic oxidation sites excluding steroid dienone is 3. The number of fused-ring (bicyclic) bond motifs is 1. The van der Waals surface area contributed by atoms with E-state index in [9.17, 15) is 19.1 Å². The summed E-state index contributed by atoms with van der Waals surface area (Å²) in [6, 6.07) is 7.54. The van der Waals surface area contributed by atoms with E-state index in [0.717, 1.165) is 42.0 Å². The van der Waals surface area contributed by atoms with Crippen LogP contribution < -0.4 is 0 Å². The topological polar surface area (TPSA) is 77.8 Å². The SMILES string of the molecule is O=C1/C(=C2\SC3=C(CCCC3)N2CP(=O)(O)O)Cc2ccccc21. The third kappa shape index (κ3) is 2.78. The number of thioether (sulfide) groups is 1. The fourth-order valence-electron chi connectivity index (χ4n) is 3.61. The number of hydrogen-bond acceptors (Lipinski definition) is 4. The molecule has 0 fully saturated rings. The average molecular weight is 363 g/mol. The van der Waals surface area contributed by atoms with Crippen LogP contribution >= 0.6 is 19.4 Å². The van der Waals surface area contributed by atoms with Crippen molar-refractivity contribution in [1.29, 1.82) is 0 Å². The van der Waals surface area contributed by atoms with Gasteiger partial charge >= 0.3 is 7.60 Å². The molecule has 0 saturated heterocycles. The first-order valence-electron chi connectivity index (χ1n) is 8.02. The third-order valence-electron chi connectivity index (χ3n) is 4.67. The van der Waals surface area contributed by atoms with E-state index in [1.165, 1.54) is 16.7 Å². The van der Waals surface area contributed by atoms with Gasteiger partial charge in [-0.15, -0.1) is 0 Å². The summed E-state index contributed by atoms with van der Waals surface area (Å²) in [6.45, 7) is 0. The van der Waals surface area contributed by atoms with Crippen LogP contribution in [0.5, 0.6) is 0 Å². The summed E-state index contributed by atoms with van der Waals surface area (Å²) in [5.41, 5.74) is 3.37. The Bertz CT molecular complexity index is 839. The second kappa shape index (κ2) is 5.88. The number of rotatable bonds is 2. The lowest BCUT2D eigenvalue weighted by Gasteiger charge is -2.26. The largest absolute Gasteiger partial charge is 0.345 e. The van der Waals surface area contributed by atoms with Crippen molar-refractivity contribution in [2.45, 2.75) is 32.1 Å². The highest BCUT2D eigenvalue weighted by Crippen LogP contribution is 2.53. The molecule has 3 aliphatic rings. The number of hydrogen-bond donors (Lipinski definition) is 2. The minimum absolute atomic E-state index is 0.0105. The second-order valence-corrected chi connectivity index (χ2v) is 9.06. The maximum atomic E-state index is 12.8. The zero-order valence-electron chi connectivity index (χ0n) is 13.1. The first-order valence-corrected chi connectivity index (χ1v) is 10.6. The van der Waals surface area contributed by atoms with Crippen molar-refractivity contribution in [1.82, 2.24) is 4.90 Å². The van der Waals surface area contributed by atoms with E-state index in [4.69, 9.17) is 0 Å². The molecule has 7 heteroatoms. The quantitative estimate of drug-likeness (QED) is 0.617. The van der Waals surface area contributed by atoms with Gasteiger partial charge in [-0.3, -0.25) is 9.36 Å². The Morgan fingerprint density at radius 2 is 1.92 bits per heavy atom. The van der Waals surface area contributed by atoms with Crippen molar-refractivity contribution in [3.8, 4) is 0 Å². The summed E-state index contributed by atoms with van der Waals surface area (Å²) < 4.78 is 11.6. The predicted octanol–water partition coefficient (Wildman–Crippen LogP) is 3.61. The van der Waals surface area contributed by atoms with Crippen LogP contribution in [0.1, 0.15) is 41.6 Å². The summed E-state index contributed by atoms with van der Waals surface area (Å²) in [5.74, 6) is -0.0105. The summed E-state index contributed by atoms with van der Waals surface area (Å²) in [5, 5.41) is 0.728. The molecule has 1 aromatic carbocycles. The normalized spacial score (nSPS) is 23.8. The molecule has 126 valence electrons. The minimum atomic E-state index is -4.22. The molecule has 1 aliphatic heterocycles. The van der Waals surface area contributed by atoms with Crippen LogP contribution in [0.15, 0.2) is 45.5 Å². The van der Waals surface area contributed by atoms with Gasteiger partial charge in [-0.1, -0.05) is 36.0 Å². The van der Waals surface area contributed by atoms with E-state index in [0.29, 0.717) is 17.6 Å². The van der Waals surface area contributed by atoms with Gasteiger partial charge in [0.25, 0.3) is 0 Å². The van der Waals surface area contributed by atoms with Gasteiger partial charge < -0.3 is 14.7 Å². The molecule has 0 spiro atoms. The Labute approximate surface area is 144 Å². The van der Waals surface area contributed by atoms with Crippen LogP contribution in [0.2, 0.25) is 0 Å². The van der Waals surface area contributed by atoms with Crippen molar-refractivity contribution >= 4 is 25.1 Å². The molecule has 2 N–H and O–H groups in total. The summed E-state index contributed by atoms with van der Waals surface area (Å²) in [7, 11) is -4.22. The summed E-state index contributed by atoms with van der Waals surface area (Å²) in [4.78, 5) is 34.7. The summed E-state index contributed by atoms with van der Waals surface area (Å²) >= 11 is 1.54. The molecule has 0 atom stereocenters. The predicted molar refractivity (Wildman–Crippen MR) is 93.3 cm³/mol. The minimum Gasteiger partial charge on any atom is -0.326 e. The fourth-order valence-corrected chi connectivity index (χ4v) is 5.77. The average Bonchev–Trinajstić information content (AvgIpc) is 3.05. The molecule has 0 radical (unpaired) electrons. The van der Waals surface area contributed by atoms with E-state index < -0.39 is 7.60 Å². The molecule has 1 heterocycles. The van der Waals surface area contributed by atoms with Crippen molar-refractivity contribution in [2.75, 3.05) is 6.29 Å². The number of carbonyl (C=O) groups is 1. The number of carbonyl (C=O) groups excluding carboxylic acids is 1. The molecule has 1 aromatic rings. The second-order valence-electron chi connectivity index (χ2n) is 6.36. The summed E-state index contributed by atoms with van der Waals surface area (Å²) in [6.07, 6.45) is 4.05. The number of Topliss-reactive ketones (excluding diaryl/α,β-unsaturated/α-hetero) is 1. The van der Waals surface area contributed by atoms with Crippen LogP contribution in [0.25, 0.3) is 0 Å². The number of ketones is 1. The van der Waals surface area contributed by atoms with E-state index in [2.05, 4.69) is 0 Å². The smallest absolute Gasteiger partial charge is 0.326 e. The molecule has 0 saturated carbocycles. The fraction of sp³-hybridized carbons (Fsp3) is 0.353. The van der Waals surface area contributed by atoms with Crippen LogP contribution in [0.4, 0.5) is 0 Å². The number of benzene rings is 1. The Morgan fingerprint density at radius 3 is 2.67 bits per heavy atom. The number of nitrogens with zero attached hydrogens (tertiary/aromatic N) is 1. The van der Waals surface area contributed by atoms with E-state index in [1.807, 2.05) is 24.3 Å². The zero-order chi connectivity index (χ0) is 16.9. The van der Waals surface area contributed by atoms with Crippen molar-refractivity contribution in [3.63, 3.8) is 0 Å². The third-order valence-corrected chi connectivity index (χ3v) is 6.66. The van der Waals surface area contributed by atoms with E-state index in [-0.39, 0.29) is 12.1 Å².